The number of hydrogen-bond donors (Lipinski definition) is 1. The second kappa shape index (κ2) is 5.40. The third-order valence-electron chi connectivity index (χ3n) is 4.80. The minimum atomic E-state index is -1.86. The minimum Gasteiger partial charge on any atom is -0.481 e. The Labute approximate surface area is 121 Å². The van der Waals surface area contributed by atoms with Gasteiger partial charge in [-0.15, -0.1) is 0 Å². The van der Waals surface area contributed by atoms with E-state index in [4.69, 9.17) is 19.0 Å². The summed E-state index contributed by atoms with van der Waals surface area (Å²) in [7, 11) is -1.86. The molecule has 1 unspecified atom stereocenters. The van der Waals surface area contributed by atoms with E-state index in [2.05, 4.69) is 33.9 Å². The molecule has 0 aromatic rings. The Kier molecular flexibility index (Phi) is 4.31. The number of hydrogen-bond acceptors (Lipinski definition) is 4. The Balaban J connectivity index is 1.99. The topological polar surface area (TPSA) is 65.0 Å². The van der Waals surface area contributed by atoms with E-state index in [-0.39, 0.29) is 35.7 Å². The average molecular weight is 302 g/mol. The van der Waals surface area contributed by atoms with Gasteiger partial charge in [-0.05, 0) is 18.1 Å². The van der Waals surface area contributed by atoms with Crippen molar-refractivity contribution < 1.29 is 23.8 Å². The Hall–Kier alpha value is -0.433. The van der Waals surface area contributed by atoms with Gasteiger partial charge in [0.2, 0.25) is 0 Å². The zero-order chi connectivity index (χ0) is 15.1. The molecule has 0 aromatic heterocycles. The van der Waals surface area contributed by atoms with Crippen LogP contribution in [0.3, 0.4) is 0 Å². The zero-order valence-corrected chi connectivity index (χ0v) is 14.0. The van der Waals surface area contributed by atoms with Crippen molar-refractivity contribution >= 4 is 14.3 Å². The van der Waals surface area contributed by atoms with E-state index < -0.39 is 14.3 Å². The number of fused-ring (bicyclic) bond motifs is 1. The highest BCUT2D eigenvalue weighted by Crippen LogP contribution is 2.41. The van der Waals surface area contributed by atoms with Crippen molar-refractivity contribution in [2.24, 2.45) is 5.92 Å². The second-order valence-electron chi connectivity index (χ2n) is 7.37. The molecule has 0 aliphatic carbocycles. The van der Waals surface area contributed by atoms with E-state index in [1.165, 1.54) is 0 Å². The molecule has 6 heteroatoms. The molecular formula is C14H26O5Si. The maximum atomic E-state index is 10.9. The molecule has 0 spiro atoms. The van der Waals surface area contributed by atoms with Crippen LogP contribution in [-0.2, 0) is 18.7 Å². The van der Waals surface area contributed by atoms with Crippen molar-refractivity contribution in [1.82, 2.24) is 0 Å². The molecule has 0 aromatic carbocycles. The molecule has 0 saturated carbocycles. The molecule has 5 nitrogen and oxygen atoms in total. The van der Waals surface area contributed by atoms with Crippen LogP contribution in [0.15, 0.2) is 0 Å². The molecule has 4 atom stereocenters. The largest absolute Gasteiger partial charge is 0.481 e. The summed E-state index contributed by atoms with van der Waals surface area (Å²) in [6.07, 6.45) is -0.178. The normalized spacial score (nSPS) is 34.2. The van der Waals surface area contributed by atoms with E-state index in [9.17, 15) is 4.79 Å². The molecule has 0 amide bonds. The highest BCUT2D eigenvalue weighted by Gasteiger charge is 2.51. The first-order valence-electron chi connectivity index (χ1n) is 7.24. The highest BCUT2D eigenvalue weighted by atomic mass is 28.4. The SMILES string of the molecule is CC(C)(C)[Si](C)(C)O[C@@H]1CO[C@@H]2C(CC(=O)O)CO[C@@H]21. The lowest BCUT2D eigenvalue weighted by Gasteiger charge is -2.39. The lowest BCUT2D eigenvalue weighted by Crippen LogP contribution is -2.47. The van der Waals surface area contributed by atoms with Gasteiger partial charge < -0.3 is 19.0 Å². The molecule has 2 fully saturated rings. The molecule has 2 heterocycles. The van der Waals surface area contributed by atoms with Gasteiger partial charge in [-0.1, -0.05) is 20.8 Å². The van der Waals surface area contributed by atoms with Crippen LogP contribution in [0.5, 0.6) is 0 Å². The number of carboxylic acids is 1. The first kappa shape index (κ1) is 15.9. The summed E-state index contributed by atoms with van der Waals surface area (Å²) in [6, 6.07) is 0. The van der Waals surface area contributed by atoms with Gasteiger partial charge in [-0.25, -0.2) is 0 Å². The molecule has 0 radical (unpaired) electrons. The van der Waals surface area contributed by atoms with Crippen LogP contribution in [0.1, 0.15) is 27.2 Å². The van der Waals surface area contributed by atoms with E-state index in [0.29, 0.717) is 13.2 Å². The number of carboxylic acid groups (broad SMARTS) is 1. The monoisotopic (exact) mass is 302 g/mol. The number of ether oxygens (including phenoxy) is 2. The summed E-state index contributed by atoms with van der Waals surface area (Å²) in [4.78, 5) is 10.9. The maximum absolute atomic E-state index is 10.9. The average Bonchev–Trinajstić information content (AvgIpc) is 2.81. The molecule has 1 N–H and O–H groups in total. The van der Waals surface area contributed by atoms with Gasteiger partial charge in [-0.3, -0.25) is 4.79 Å². The number of rotatable bonds is 4. The van der Waals surface area contributed by atoms with Crippen molar-refractivity contribution in [2.75, 3.05) is 13.2 Å². The van der Waals surface area contributed by atoms with Crippen molar-refractivity contribution in [3.8, 4) is 0 Å². The summed E-state index contributed by atoms with van der Waals surface area (Å²) in [5.74, 6) is -0.845. The van der Waals surface area contributed by atoms with Gasteiger partial charge >= 0.3 is 5.97 Å². The fourth-order valence-electron chi connectivity index (χ4n) is 2.60. The highest BCUT2D eigenvalue weighted by molar-refractivity contribution is 6.74. The summed E-state index contributed by atoms with van der Waals surface area (Å²) < 4.78 is 17.9. The Morgan fingerprint density at radius 3 is 2.40 bits per heavy atom. The van der Waals surface area contributed by atoms with Crippen LogP contribution in [0.4, 0.5) is 0 Å². The van der Waals surface area contributed by atoms with Crippen LogP contribution in [-0.4, -0.2) is 50.9 Å². The molecule has 0 bridgehead atoms. The second-order valence-corrected chi connectivity index (χ2v) is 12.1. The van der Waals surface area contributed by atoms with Gasteiger partial charge in [0.05, 0.1) is 31.8 Å². The van der Waals surface area contributed by atoms with Crippen LogP contribution in [0, 0.1) is 5.92 Å². The molecule has 2 saturated heterocycles. The summed E-state index contributed by atoms with van der Waals surface area (Å²) >= 11 is 0. The van der Waals surface area contributed by atoms with E-state index >= 15 is 0 Å². The number of carbonyl (C=O) groups is 1. The summed E-state index contributed by atoms with van der Waals surface area (Å²) in [5.41, 5.74) is 0. The van der Waals surface area contributed by atoms with Gasteiger partial charge in [0.1, 0.15) is 6.10 Å². The van der Waals surface area contributed by atoms with Crippen LogP contribution < -0.4 is 0 Å². The quantitative estimate of drug-likeness (QED) is 0.807. The molecule has 116 valence electrons. The Bertz CT molecular complexity index is 376. The third kappa shape index (κ3) is 3.08. The maximum Gasteiger partial charge on any atom is 0.303 e. The standard InChI is InChI=1S/C14H26O5Si/c1-14(2,3)20(4,5)19-10-8-18-12-9(6-11(15)16)7-17-13(10)12/h9-10,12-13H,6-8H2,1-5H3,(H,15,16)/t9?,10-,12-,13-/m1/s1. The first-order valence-corrected chi connectivity index (χ1v) is 10.2. The van der Waals surface area contributed by atoms with Crippen molar-refractivity contribution in [2.45, 2.75) is 63.6 Å². The van der Waals surface area contributed by atoms with Crippen molar-refractivity contribution in [3.05, 3.63) is 0 Å². The third-order valence-corrected chi connectivity index (χ3v) is 9.30. The first-order chi connectivity index (χ1) is 9.12. The predicted octanol–water partition coefficient (Wildman–Crippen LogP) is 2.27. The molecule has 2 aliphatic heterocycles. The van der Waals surface area contributed by atoms with E-state index in [1.807, 2.05) is 0 Å². The lowest BCUT2D eigenvalue weighted by atomic mass is 9.98. The van der Waals surface area contributed by atoms with Crippen molar-refractivity contribution in [1.29, 1.82) is 0 Å². The minimum absolute atomic E-state index is 0.0504. The molecule has 2 rings (SSSR count). The van der Waals surface area contributed by atoms with Gasteiger partial charge in [0.15, 0.2) is 8.32 Å². The molecule has 20 heavy (non-hydrogen) atoms. The van der Waals surface area contributed by atoms with Crippen LogP contribution in [0.2, 0.25) is 18.1 Å². The smallest absolute Gasteiger partial charge is 0.303 e. The predicted molar refractivity (Wildman–Crippen MR) is 77.3 cm³/mol. The van der Waals surface area contributed by atoms with Crippen molar-refractivity contribution in [3.63, 3.8) is 0 Å². The van der Waals surface area contributed by atoms with Crippen LogP contribution in [0.25, 0.3) is 0 Å². The summed E-state index contributed by atoms with van der Waals surface area (Å²) in [6.45, 7) is 12.0. The van der Waals surface area contributed by atoms with Gasteiger partial charge in [0, 0.05) is 5.92 Å². The van der Waals surface area contributed by atoms with Gasteiger partial charge in [0.25, 0.3) is 0 Å². The Morgan fingerprint density at radius 1 is 1.25 bits per heavy atom. The molecule has 2 aliphatic rings. The van der Waals surface area contributed by atoms with Gasteiger partial charge in [-0.2, -0.15) is 0 Å². The van der Waals surface area contributed by atoms with E-state index in [0.717, 1.165) is 0 Å². The molecular weight excluding hydrogens is 276 g/mol. The number of aliphatic carboxylic acids is 1. The van der Waals surface area contributed by atoms with E-state index in [1.54, 1.807) is 0 Å². The zero-order valence-electron chi connectivity index (χ0n) is 13.0. The fraction of sp³-hybridized carbons (Fsp3) is 0.929. The Morgan fingerprint density at radius 2 is 1.85 bits per heavy atom. The lowest BCUT2D eigenvalue weighted by molar-refractivity contribution is -0.138. The summed E-state index contributed by atoms with van der Waals surface area (Å²) in [5, 5.41) is 9.06. The van der Waals surface area contributed by atoms with Crippen LogP contribution >= 0.6 is 0 Å². The fourth-order valence-corrected chi connectivity index (χ4v) is 3.91.